The van der Waals surface area contributed by atoms with Crippen molar-refractivity contribution in [1.29, 1.82) is 0 Å². The van der Waals surface area contributed by atoms with Crippen LogP contribution in [0.15, 0.2) is 65.8 Å². The summed E-state index contributed by atoms with van der Waals surface area (Å²) in [5, 5.41) is 6.50. The van der Waals surface area contributed by atoms with E-state index in [9.17, 15) is 9.59 Å². The van der Waals surface area contributed by atoms with E-state index in [1.54, 1.807) is 36.4 Å². The van der Waals surface area contributed by atoms with Gasteiger partial charge in [-0.2, -0.15) is 0 Å². The van der Waals surface area contributed by atoms with Gasteiger partial charge in [0, 0.05) is 17.7 Å². The average Bonchev–Trinajstić information content (AvgIpc) is 3.06. The standard InChI is InChI=1S/C17H14N2O3/c20-16(12-7-3-1-4-8-12)14-11-15(22-19-14)17(21)18-13-9-5-2-6-10-13/h1-10,15H,11H2,(H,18,21). The first-order chi connectivity index (χ1) is 10.7. The lowest BCUT2D eigenvalue weighted by atomic mass is 10.0. The highest BCUT2D eigenvalue weighted by Gasteiger charge is 2.31. The summed E-state index contributed by atoms with van der Waals surface area (Å²) < 4.78 is 0. The number of carbonyl (C=O) groups excluding carboxylic acids is 2. The molecule has 0 aliphatic carbocycles. The molecule has 110 valence electrons. The van der Waals surface area contributed by atoms with Crippen LogP contribution in [0.3, 0.4) is 0 Å². The Labute approximate surface area is 127 Å². The second-order valence-corrected chi connectivity index (χ2v) is 4.89. The van der Waals surface area contributed by atoms with E-state index in [1.807, 2.05) is 24.3 Å². The van der Waals surface area contributed by atoms with E-state index < -0.39 is 6.10 Å². The van der Waals surface area contributed by atoms with Crippen LogP contribution in [-0.2, 0) is 9.63 Å². The number of oxime groups is 1. The van der Waals surface area contributed by atoms with Crippen molar-refractivity contribution in [2.45, 2.75) is 12.5 Å². The summed E-state index contributed by atoms with van der Waals surface area (Å²) >= 11 is 0. The van der Waals surface area contributed by atoms with Gasteiger partial charge in [0.05, 0.1) is 0 Å². The van der Waals surface area contributed by atoms with Gasteiger partial charge in [0.2, 0.25) is 11.9 Å². The molecule has 1 atom stereocenters. The van der Waals surface area contributed by atoms with Crippen molar-refractivity contribution in [3.05, 3.63) is 66.2 Å². The lowest BCUT2D eigenvalue weighted by Crippen LogP contribution is -2.29. The number of hydrogen-bond donors (Lipinski definition) is 1. The molecule has 0 fully saturated rings. The minimum absolute atomic E-state index is 0.173. The fourth-order valence-corrected chi connectivity index (χ4v) is 2.15. The number of ketones is 1. The summed E-state index contributed by atoms with van der Waals surface area (Å²) in [5.74, 6) is -0.526. The van der Waals surface area contributed by atoms with E-state index in [2.05, 4.69) is 10.5 Å². The molecular weight excluding hydrogens is 280 g/mol. The number of para-hydroxylation sites is 1. The van der Waals surface area contributed by atoms with Crippen LogP contribution < -0.4 is 5.32 Å². The molecule has 0 aromatic heterocycles. The van der Waals surface area contributed by atoms with Gasteiger partial charge in [-0.25, -0.2) is 0 Å². The highest BCUT2D eigenvalue weighted by Crippen LogP contribution is 2.16. The Morgan fingerprint density at radius 3 is 2.32 bits per heavy atom. The van der Waals surface area contributed by atoms with Crippen LogP contribution in [0, 0.1) is 0 Å². The third kappa shape index (κ3) is 3.03. The van der Waals surface area contributed by atoms with Gasteiger partial charge < -0.3 is 10.2 Å². The fourth-order valence-electron chi connectivity index (χ4n) is 2.15. The summed E-state index contributed by atoms with van der Waals surface area (Å²) in [7, 11) is 0. The Bertz CT molecular complexity index is 711. The van der Waals surface area contributed by atoms with Crippen molar-refractivity contribution in [3.8, 4) is 0 Å². The van der Waals surface area contributed by atoms with Crippen LogP contribution in [0.1, 0.15) is 16.8 Å². The van der Waals surface area contributed by atoms with Crippen molar-refractivity contribution >= 4 is 23.1 Å². The lowest BCUT2D eigenvalue weighted by molar-refractivity contribution is -0.125. The Morgan fingerprint density at radius 1 is 1.00 bits per heavy atom. The Kier molecular flexibility index (Phi) is 3.96. The zero-order valence-electron chi connectivity index (χ0n) is 11.7. The Balaban J connectivity index is 1.62. The van der Waals surface area contributed by atoms with Crippen molar-refractivity contribution < 1.29 is 14.4 Å². The summed E-state index contributed by atoms with van der Waals surface area (Å²) in [6.07, 6.45) is -0.602. The largest absolute Gasteiger partial charge is 0.382 e. The van der Waals surface area contributed by atoms with Crippen LogP contribution in [0.25, 0.3) is 0 Å². The number of Topliss-reactive ketones (excluding diaryl/α,β-unsaturated/α-hetero) is 1. The maximum Gasteiger partial charge on any atom is 0.268 e. The highest BCUT2D eigenvalue weighted by atomic mass is 16.6. The number of anilines is 1. The number of benzene rings is 2. The summed E-state index contributed by atoms with van der Waals surface area (Å²) in [6.45, 7) is 0. The summed E-state index contributed by atoms with van der Waals surface area (Å²) in [5.41, 5.74) is 1.48. The van der Waals surface area contributed by atoms with Gasteiger partial charge in [-0.15, -0.1) is 0 Å². The predicted octanol–water partition coefficient (Wildman–Crippen LogP) is 2.65. The van der Waals surface area contributed by atoms with Crippen molar-refractivity contribution in [2.24, 2.45) is 5.16 Å². The number of nitrogens with one attached hydrogen (secondary N) is 1. The van der Waals surface area contributed by atoms with Gasteiger partial charge >= 0.3 is 0 Å². The number of carbonyl (C=O) groups is 2. The van der Waals surface area contributed by atoms with E-state index in [-0.39, 0.29) is 23.8 Å². The molecule has 5 nitrogen and oxygen atoms in total. The molecule has 22 heavy (non-hydrogen) atoms. The molecule has 1 aliphatic heterocycles. The first-order valence-electron chi connectivity index (χ1n) is 6.92. The van der Waals surface area contributed by atoms with E-state index in [4.69, 9.17) is 4.84 Å². The summed E-state index contributed by atoms with van der Waals surface area (Å²) in [4.78, 5) is 29.4. The molecule has 1 unspecified atom stereocenters. The van der Waals surface area contributed by atoms with E-state index in [0.717, 1.165) is 0 Å². The molecule has 2 aromatic carbocycles. The fraction of sp³-hybridized carbons (Fsp3) is 0.118. The highest BCUT2D eigenvalue weighted by molar-refractivity contribution is 6.46. The topological polar surface area (TPSA) is 67.8 Å². The zero-order valence-corrected chi connectivity index (χ0v) is 11.7. The molecule has 1 N–H and O–H groups in total. The van der Waals surface area contributed by atoms with E-state index in [1.165, 1.54) is 0 Å². The molecule has 0 bridgehead atoms. The van der Waals surface area contributed by atoms with Crippen molar-refractivity contribution in [2.75, 3.05) is 5.32 Å². The third-order valence-electron chi connectivity index (χ3n) is 3.30. The number of nitrogens with zero attached hydrogens (tertiary/aromatic N) is 1. The van der Waals surface area contributed by atoms with Crippen LogP contribution in [-0.4, -0.2) is 23.5 Å². The Morgan fingerprint density at radius 2 is 1.64 bits per heavy atom. The number of hydrogen-bond acceptors (Lipinski definition) is 4. The van der Waals surface area contributed by atoms with Crippen LogP contribution in [0.5, 0.6) is 0 Å². The lowest BCUT2D eigenvalue weighted by Gasteiger charge is -2.09. The molecule has 0 saturated heterocycles. The first kappa shape index (κ1) is 14.0. The van der Waals surface area contributed by atoms with Gasteiger partial charge in [0.15, 0.2) is 0 Å². The maximum atomic E-state index is 12.2. The SMILES string of the molecule is O=C(C1=NOC(C(=O)Nc2ccccc2)C1)c1ccccc1. The van der Waals surface area contributed by atoms with Gasteiger partial charge in [0.1, 0.15) is 5.71 Å². The molecule has 0 radical (unpaired) electrons. The minimum atomic E-state index is -0.775. The smallest absolute Gasteiger partial charge is 0.268 e. The molecule has 5 heteroatoms. The molecule has 1 amide bonds. The average molecular weight is 294 g/mol. The van der Waals surface area contributed by atoms with E-state index >= 15 is 0 Å². The normalized spacial score (nSPS) is 16.5. The Hall–Kier alpha value is -2.95. The number of rotatable bonds is 4. The van der Waals surface area contributed by atoms with Gasteiger partial charge in [-0.1, -0.05) is 53.7 Å². The van der Waals surface area contributed by atoms with Crippen LogP contribution in [0.2, 0.25) is 0 Å². The second-order valence-electron chi connectivity index (χ2n) is 4.89. The predicted molar refractivity (Wildman–Crippen MR) is 82.8 cm³/mol. The zero-order chi connectivity index (χ0) is 15.4. The maximum absolute atomic E-state index is 12.2. The van der Waals surface area contributed by atoms with Gasteiger partial charge in [0.25, 0.3) is 5.91 Å². The van der Waals surface area contributed by atoms with Crippen LogP contribution in [0.4, 0.5) is 5.69 Å². The molecule has 2 aromatic rings. The molecule has 1 heterocycles. The molecule has 0 saturated carbocycles. The minimum Gasteiger partial charge on any atom is -0.382 e. The van der Waals surface area contributed by atoms with Gasteiger partial charge in [-0.3, -0.25) is 9.59 Å². The van der Waals surface area contributed by atoms with E-state index in [0.29, 0.717) is 11.3 Å². The van der Waals surface area contributed by atoms with Gasteiger partial charge in [-0.05, 0) is 12.1 Å². The number of amides is 1. The molecule has 0 spiro atoms. The molecule has 1 aliphatic rings. The van der Waals surface area contributed by atoms with Crippen LogP contribution >= 0.6 is 0 Å². The van der Waals surface area contributed by atoms with Crippen molar-refractivity contribution in [1.82, 2.24) is 0 Å². The van der Waals surface area contributed by atoms with Crippen molar-refractivity contribution in [3.63, 3.8) is 0 Å². The molecular formula is C17H14N2O3. The monoisotopic (exact) mass is 294 g/mol. The quantitative estimate of drug-likeness (QED) is 0.881. The third-order valence-corrected chi connectivity index (χ3v) is 3.30. The molecule has 3 rings (SSSR count). The summed E-state index contributed by atoms with van der Waals surface area (Å²) in [6, 6.07) is 17.9. The second kappa shape index (κ2) is 6.22. The first-order valence-corrected chi connectivity index (χ1v) is 6.92.